The second kappa shape index (κ2) is 9.30. The van der Waals surface area contributed by atoms with Gasteiger partial charge in [0.25, 0.3) is 11.8 Å². The third kappa shape index (κ3) is 4.59. The van der Waals surface area contributed by atoms with Crippen LogP contribution in [0.3, 0.4) is 0 Å². The van der Waals surface area contributed by atoms with Crippen LogP contribution in [0.5, 0.6) is 0 Å². The maximum Gasteiger partial charge on any atom is 0.290 e. The summed E-state index contributed by atoms with van der Waals surface area (Å²) in [5.41, 5.74) is 0.278. The number of anilines is 1. The van der Waals surface area contributed by atoms with E-state index in [0.717, 1.165) is 4.90 Å². The van der Waals surface area contributed by atoms with Crippen LogP contribution in [-0.2, 0) is 11.3 Å². The molecule has 0 saturated heterocycles. The Morgan fingerprint density at radius 3 is 2.25 bits per heavy atom. The van der Waals surface area contributed by atoms with E-state index in [1.54, 1.807) is 18.2 Å². The van der Waals surface area contributed by atoms with Crippen molar-refractivity contribution in [1.82, 2.24) is 4.90 Å². The minimum absolute atomic E-state index is 0.0152. The summed E-state index contributed by atoms with van der Waals surface area (Å²) >= 11 is 0. The molecule has 0 fully saturated rings. The van der Waals surface area contributed by atoms with E-state index in [1.807, 2.05) is 0 Å². The molecule has 6 nitrogen and oxygen atoms in total. The van der Waals surface area contributed by atoms with Crippen LogP contribution in [0.25, 0.3) is 0 Å². The molecule has 32 heavy (non-hydrogen) atoms. The number of rotatable bonds is 7. The Bertz CT molecular complexity index is 1190. The van der Waals surface area contributed by atoms with Crippen LogP contribution >= 0.6 is 0 Å². The predicted octanol–water partition coefficient (Wildman–Crippen LogP) is 5.17. The van der Waals surface area contributed by atoms with E-state index < -0.39 is 29.5 Å². The fourth-order valence-electron chi connectivity index (χ4n) is 3.28. The maximum absolute atomic E-state index is 14.8. The monoisotopic (exact) mass is 436 g/mol. The largest absolute Gasteiger partial charge is 0.467 e. The van der Waals surface area contributed by atoms with E-state index in [0.29, 0.717) is 11.4 Å². The van der Waals surface area contributed by atoms with Gasteiger partial charge in [0.15, 0.2) is 5.76 Å². The third-order valence-electron chi connectivity index (χ3n) is 4.77. The SMILES string of the molecule is O=C(Nc1ccc(F)cc1)[C@H](c1ccccc1F)N(Cc1ccco1)C(=O)c1ccco1. The van der Waals surface area contributed by atoms with Crippen LogP contribution < -0.4 is 5.32 Å². The van der Waals surface area contributed by atoms with Gasteiger partial charge in [-0.25, -0.2) is 8.78 Å². The summed E-state index contributed by atoms with van der Waals surface area (Å²) in [6, 6.07) is 15.7. The maximum atomic E-state index is 14.8. The van der Waals surface area contributed by atoms with Crippen molar-refractivity contribution >= 4 is 17.5 Å². The van der Waals surface area contributed by atoms with Crippen LogP contribution in [0.15, 0.2) is 94.2 Å². The van der Waals surface area contributed by atoms with E-state index in [4.69, 9.17) is 8.83 Å². The second-order valence-electron chi connectivity index (χ2n) is 6.91. The van der Waals surface area contributed by atoms with Gasteiger partial charge in [0.2, 0.25) is 0 Å². The number of hydrogen-bond acceptors (Lipinski definition) is 4. The Kier molecular flexibility index (Phi) is 6.12. The Hall–Kier alpha value is -4.20. The van der Waals surface area contributed by atoms with Gasteiger partial charge in [-0.1, -0.05) is 18.2 Å². The van der Waals surface area contributed by atoms with Crippen molar-refractivity contribution in [3.63, 3.8) is 0 Å². The Morgan fingerprint density at radius 1 is 0.875 bits per heavy atom. The summed E-state index contributed by atoms with van der Waals surface area (Å²) in [4.78, 5) is 27.8. The molecule has 8 heteroatoms. The smallest absolute Gasteiger partial charge is 0.290 e. The highest BCUT2D eigenvalue weighted by molar-refractivity contribution is 6.00. The van der Waals surface area contributed by atoms with Gasteiger partial charge in [-0.05, 0) is 54.6 Å². The molecule has 4 rings (SSSR count). The average molecular weight is 436 g/mol. The topological polar surface area (TPSA) is 75.7 Å². The first-order valence-corrected chi connectivity index (χ1v) is 9.70. The third-order valence-corrected chi connectivity index (χ3v) is 4.77. The Labute approximate surface area is 182 Å². The van der Waals surface area contributed by atoms with E-state index in [9.17, 15) is 18.4 Å². The van der Waals surface area contributed by atoms with Gasteiger partial charge in [-0.2, -0.15) is 0 Å². The van der Waals surface area contributed by atoms with E-state index >= 15 is 0 Å². The highest BCUT2D eigenvalue weighted by Gasteiger charge is 2.35. The molecule has 4 aromatic rings. The molecule has 0 aliphatic heterocycles. The number of carbonyl (C=O) groups excluding carboxylic acids is 2. The van der Waals surface area contributed by atoms with Crippen LogP contribution in [0.2, 0.25) is 0 Å². The number of halogens is 2. The molecular weight excluding hydrogens is 418 g/mol. The van der Waals surface area contributed by atoms with Crippen LogP contribution in [-0.4, -0.2) is 16.7 Å². The number of nitrogens with one attached hydrogen (secondary N) is 1. The molecule has 0 unspecified atom stereocenters. The molecule has 2 aromatic heterocycles. The quantitative estimate of drug-likeness (QED) is 0.434. The molecule has 1 atom stereocenters. The van der Waals surface area contributed by atoms with E-state index in [-0.39, 0.29) is 17.9 Å². The molecule has 0 aliphatic carbocycles. The van der Waals surface area contributed by atoms with Crippen LogP contribution in [0.1, 0.15) is 27.9 Å². The molecule has 2 aromatic carbocycles. The van der Waals surface area contributed by atoms with Gasteiger partial charge in [0, 0.05) is 11.3 Å². The van der Waals surface area contributed by atoms with Crippen molar-refractivity contribution in [3.8, 4) is 0 Å². The van der Waals surface area contributed by atoms with Crippen molar-refractivity contribution in [2.45, 2.75) is 12.6 Å². The summed E-state index contributed by atoms with van der Waals surface area (Å²) in [7, 11) is 0. The number of furan rings is 2. The molecule has 2 heterocycles. The average Bonchev–Trinajstić information content (AvgIpc) is 3.50. The lowest BCUT2D eigenvalue weighted by molar-refractivity contribution is -0.121. The highest BCUT2D eigenvalue weighted by Crippen LogP contribution is 2.29. The minimum Gasteiger partial charge on any atom is -0.467 e. The highest BCUT2D eigenvalue weighted by atomic mass is 19.1. The van der Waals surface area contributed by atoms with Crippen LogP contribution in [0.4, 0.5) is 14.5 Å². The van der Waals surface area contributed by atoms with Gasteiger partial charge in [0.05, 0.1) is 19.1 Å². The van der Waals surface area contributed by atoms with Crippen molar-refractivity contribution in [3.05, 3.63) is 114 Å². The zero-order valence-corrected chi connectivity index (χ0v) is 16.7. The minimum atomic E-state index is -1.37. The molecule has 2 amide bonds. The first-order valence-electron chi connectivity index (χ1n) is 9.70. The normalized spacial score (nSPS) is 11.7. The predicted molar refractivity (Wildman–Crippen MR) is 111 cm³/mol. The molecule has 0 aliphatic rings. The summed E-state index contributed by atoms with van der Waals surface area (Å²) < 4.78 is 38.7. The molecule has 0 saturated carbocycles. The van der Waals surface area contributed by atoms with Gasteiger partial charge >= 0.3 is 0 Å². The van der Waals surface area contributed by atoms with Crippen LogP contribution in [0, 0.1) is 11.6 Å². The molecule has 1 N–H and O–H groups in total. The van der Waals surface area contributed by atoms with Crippen molar-refractivity contribution < 1.29 is 27.2 Å². The molecule has 0 spiro atoms. The Balaban J connectivity index is 1.77. The Morgan fingerprint density at radius 2 is 1.59 bits per heavy atom. The van der Waals surface area contributed by atoms with E-state index in [2.05, 4.69) is 5.32 Å². The first-order chi connectivity index (χ1) is 15.5. The lowest BCUT2D eigenvalue weighted by Gasteiger charge is -2.30. The van der Waals surface area contributed by atoms with Gasteiger partial charge in [0.1, 0.15) is 23.4 Å². The van der Waals surface area contributed by atoms with Gasteiger partial charge in [-0.15, -0.1) is 0 Å². The molecular formula is C24H18F2N2O4. The lowest BCUT2D eigenvalue weighted by atomic mass is 10.0. The van der Waals surface area contributed by atoms with Gasteiger partial charge in [-0.3, -0.25) is 9.59 Å². The van der Waals surface area contributed by atoms with E-state index in [1.165, 1.54) is 67.1 Å². The van der Waals surface area contributed by atoms with Crippen molar-refractivity contribution in [2.75, 3.05) is 5.32 Å². The fourth-order valence-corrected chi connectivity index (χ4v) is 3.28. The summed E-state index contributed by atoms with van der Waals surface area (Å²) in [5.74, 6) is -2.08. The lowest BCUT2D eigenvalue weighted by Crippen LogP contribution is -2.41. The molecule has 0 bridgehead atoms. The van der Waals surface area contributed by atoms with Crippen molar-refractivity contribution in [1.29, 1.82) is 0 Å². The molecule has 162 valence electrons. The number of amides is 2. The first kappa shape index (κ1) is 21.0. The number of hydrogen-bond donors (Lipinski definition) is 1. The number of carbonyl (C=O) groups is 2. The zero-order chi connectivity index (χ0) is 22.5. The standard InChI is InChI=1S/C24H18F2N2O4/c25-16-9-11-17(12-10-16)27-23(29)22(19-6-1-2-7-20(19)26)28(15-18-5-3-13-31-18)24(30)21-8-4-14-32-21/h1-14,22H,15H2,(H,27,29)/t22-/m0/s1. The van der Waals surface area contributed by atoms with Gasteiger partial charge < -0.3 is 19.1 Å². The zero-order valence-electron chi connectivity index (χ0n) is 16.7. The second-order valence-corrected chi connectivity index (χ2v) is 6.91. The number of benzene rings is 2. The summed E-state index contributed by atoms with van der Waals surface area (Å²) in [6.45, 7) is -0.123. The summed E-state index contributed by atoms with van der Waals surface area (Å²) in [5, 5.41) is 2.63. The van der Waals surface area contributed by atoms with Crippen molar-refractivity contribution in [2.24, 2.45) is 0 Å². The summed E-state index contributed by atoms with van der Waals surface area (Å²) in [6.07, 6.45) is 2.76. The fraction of sp³-hybridized carbons (Fsp3) is 0.0833. The molecule has 0 radical (unpaired) electrons. The number of nitrogens with zero attached hydrogens (tertiary/aromatic N) is 1.